The van der Waals surface area contributed by atoms with Gasteiger partial charge in [-0.15, -0.1) is 12.4 Å². The smallest absolute Gasteiger partial charge is 0.239 e. The zero-order valence-electron chi connectivity index (χ0n) is 13.3. The molecule has 1 saturated heterocycles. The van der Waals surface area contributed by atoms with Gasteiger partial charge in [0.15, 0.2) is 0 Å². The molecule has 2 unspecified atom stereocenters. The lowest BCUT2D eigenvalue weighted by Gasteiger charge is -2.35. The summed E-state index contributed by atoms with van der Waals surface area (Å²) in [5.41, 5.74) is 5.30. The number of nitrogens with zero attached hydrogens (tertiary/aromatic N) is 1. The molecule has 120 valence electrons. The van der Waals surface area contributed by atoms with Gasteiger partial charge in [-0.05, 0) is 39.2 Å². The van der Waals surface area contributed by atoms with Crippen molar-refractivity contribution in [1.29, 1.82) is 0 Å². The third-order valence-electron chi connectivity index (χ3n) is 4.19. The Hall–Kier alpha value is -0.320. The Kier molecular flexibility index (Phi) is 9.43. The fraction of sp³-hybridized carbons (Fsp3) is 0.933. The minimum Gasteiger partial charge on any atom is -0.353 e. The molecule has 0 radical (unpaired) electrons. The van der Waals surface area contributed by atoms with Gasteiger partial charge in [0.1, 0.15) is 0 Å². The number of carbonyl (C=O) groups excluding carboxylic acids is 1. The SMILES string of the molecule is CCCC(C)(N)C(=O)NCCN1CCCCC1CC.Cl. The van der Waals surface area contributed by atoms with Gasteiger partial charge in [0.25, 0.3) is 0 Å². The number of halogens is 1. The highest BCUT2D eigenvalue weighted by Crippen LogP contribution is 2.18. The summed E-state index contributed by atoms with van der Waals surface area (Å²) in [7, 11) is 0. The minimum atomic E-state index is -0.721. The van der Waals surface area contributed by atoms with Crippen LogP contribution in [0.3, 0.4) is 0 Å². The largest absolute Gasteiger partial charge is 0.353 e. The zero-order chi connectivity index (χ0) is 14.3. The van der Waals surface area contributed by atoms with Crippen LogP contribution in [-0.2, 0) is 4.79 Å². The van der Waals surface area contributed by atoms with Crippen molar-refractivity contribution < 1.29 is 4.79 Å². The van der Waals surface area contributed by atoms with Gasteiger partial charge >= 0.3 is 0 Å². The van der Waals surface area contributed by atoms with E-state index in [1.807, 2.05) is 6.92 Å². The molecule has 0 aromatic carbocycles. The molecule has 1 aliphatic rings. The van der Waals surface area contributed by atoms with Crippen molar-refractivity contribution in [2.45, 2.75) is 70.9 Å². The number of nitrogens with one attached hydrogen (secondary N) is 1. The fourth-order valence-corrected chi connectivity index (χ4v) is 2.96. The number of hydrogen-bond acceptors (Lipinski definition) is 3. The van der Waals surface area contributed by atoms with Crippen LogP contribution in [0.1, 0.15) is 59.3 Å². The topological polar surface area (TPSA) is 58.4 Å². The van der Waals surface area contributed by atoms with Gasteiger partial charge in [-0.1, -0.05) is 26.7 Å². The first-order valence-electron chi connectivity index (χ1n) is 7.82. The maximum atomic E-state index is 12.0. The Morgan fingerprint density at radius 2 is 2.10 bits per heavy atom. The average molecular weight is 306 g/mol. The van der Waals surface area contributed by atoms with Crippen molar-refractivity contribution in [2.75, 3.05) is 19.6 Å². The molecule has 3 N–H and O–H groups in total. The number of piperidine rings is 1. The quantitative estimate of drug-likeness (QED) is 0.759. The molecule has 2 atom stereocenters. The first-order valence-corrected chi connectivity index (χ1v) is 7.82. The molecule has 1 rings (SSSR count). The average Bonchev–Trinajstić information content (AvgIpc) is 2.39. The van der Waals surface area contributed by atoms with E-state index >= 15 is 0 Å². The minimum absolute atomic E-state index is 0. The van der Waals surface area contributed by atoms with E-state index in [0.717, 1.165) is 19.4 Å². The van der Waals surface area contributed by atoms with Gasteiger partial charge in [0.05, 0.1) is 5.54 Å². The Bertz CT molecular complexity index is 284. The van der Waals surface area contributed by atoms with Crippen LogP contribution in [0.25, 0.3) is 0 Å². The molecular weight excluding hydrogens is 274 g/mol. The number of carbonyl (C=O) groups is 1. The van der Waals surface area contributed by atoms with Crippen LogP contribution < -0.4 is 11.1 Å². The first kappa shape index (κ1) is 19.7. The van der Waals surface area contributed by atoms with Crippen LogP contribution >= 0.6 is 12.4 Å². The fourth-order valence-electron chi connectivity index (χ4n) is 2.96. The van der Waals surface area contributed by atoms with Crippen molar-refractivity contribution in [3.8, 4) is 0 Å². The van der Waals surface area contributed by atoms with Gasteiger partial charge in [-0.3, -0.25) is 9.69 Å². The Morgan fingerprint density at radius 1 is 1.40 bits per heavy atom. The van der Waals surface area contributed by atoms with Crippen molar-refractivity contribution in [1.82, 2.24) is 10.2 Å². The summed E-state index contributed by atoms with van der Waals surface area (Å²) in [4.78, 5) is 14.5. The van der Waals surface area contributed by atoms with Gasteiger partial charge in [-0.2, -0.15) is 0 Å². The lowest BCUT2D eigenvalue weighted by atomic mass is 9.96. The number of rotatable bonds is 7. The predicted octanol–water partition coefficient (Wildman–Crippen LogP) is 2.31. The zero-order valence-corrected chi connectivity index (χ0v) is 14.1. The van der Waals surface area contributed by atoms with Gasteiger partial charge in [0, 0.05) is 19.1 Å². The third-order valence-corrected chi connectivity index (χ3v) is 4.19. The van der Waals surface area contributed by atoms with Crippen LogP contribution in [0, 0.1) is 0 Å². The van der Waals surface area contributed by atoms with E-state index in [-0.39, 0.29) is 18.3 Å². The Balaban J connectivity index is 0.00000361. The normalized spacial score (nSPS) is 22.7. The second-order valence-electron chi connectivity index (χ2n) is 6.02. The molecule has 0 aromatic heterocycles. The molecule has 1 fully saturated rings. The van der Waals surface area contributed by atoms with Gasteiger partial charge in [0.2, 0.25) is 5.91 Å². The number of amides is 1. The predicted molar refractivity (Wildman–Crippen MR) is 87.3 cm³/mol. The summed E-state index contributed by atoms with van der Waals surface area (Å²) < 4.78 is 0. The summed E-state index contributed by atoms with van der Waals surface area (Å²) in [6.07, 6.45) is 6.81. The van der Waals surface area contributed by atoms with E-state index in [1.165, 1.54) is 32.2 Å². The highest BCUT2D eigenvalue weighted by Gasteiger charge is 2.27. The van der Waals surface area contributed by atoms with Crippen LogP contribution in [0.2, 0.25) is 0 Å². The highest BCUT2D eigenvalue weighted by atomic mass is 35.5. The second-order valence-corrected chi connectivity index (χ2v) is 6.02. The number of likely N-dealkylation sites (tertiary alicyclic amines) is 1. The molecule has 20 heavy (non-hydrogen) atoms. The van der Waals surface area contributed by atoms with Crippen LogP contribution in [0.5, 0.6) is 0 Å². The highest BCUT2D eigenvalue weighted by molar-refractivity contribution is 5.85. The van der Waals surface area contributed by atoms with Crippen LogP contribution in [0.4, 0.5) is 0 Å². The standard InChI is InChI=1S/C15H31N3O.ClH/c1-4-9-15(3,16)14(19)17-10-12-18-11-7-6-8-13(18)5-2;/h13H,4-12,16H2,1-3H3,(H,17,19);1H. The molecule has 1 aliphatic heterocycles. The van der Waals surface area contributed by atoms with E-state index in [4.69, 9.17) is 5.73 Å². The molecular formula is C15H32ClN3O. The number of nitrogens with two attached hydrogens (primary N) is 1. The second kappa shape index (κ2) is 9.59. The van der Waals surface area contributed by atoms with Gasteiger partial charge in [-0.25, -0.2) is 0 Å². The summed E-state index contributed by atoms with van der Waals surface area (Å²) in [5, 5.41) is 2.99. The molecule has 4 nitrogen and oxygen atoms in total. The Labute approximate surface area is 130 Å². The molecule has 0 aromatic rings. The molecule has 1 heterocycles. The van der Waals surface area contributed by atoms with Crippen LogP contribution in [-0.4, -0.2) is 42.0 Å². The molecule has 5 heteroatoms. The molecule has 0 saturated carbocycles. The van der Waals surface area contributed by atoms with Crippen LogP contribution in [0.15, 0.2) is 0 Å². The maximum absolute atomic E-state index is 12.0. The van der Waals surface area contributed by atoms with E-state index in [9.17, 15) is 4.79 Å². The summed E-state index contributed by atoms with van der Waals surface area (Å²) in [6, 6.07) is 0.700. The van der Waals surface area contributed by atoms with E-state index in [2.05, 4.69) is 24.1 Å². The van der Waals surface area contributed by atoms with E-state index in [0.29, 0.717) is 12.6 Å². The summed E-state index contributed by atoms with van der Waals surface area (Å²) >= 11 is 0. The third kappa shape index (κ3) is 5.98. The van der Waals surface area contributed by atoms with Crippen molar-refractivity contribution >= 4 is 18.3 Å². The molecule has 0 bridgehead atoms. The van der Waals surface area contributed by atoms with Gasteiger partial charge < -0.3 is 11.1 Å². The molecule has 0 spiro atoms. The van der Waals surface area contributed by atoms with E-state index < -0.39 is 5.54 Å². The molecule has 0 aliphatic carbocycles. The maximum Gasteiger partial charge on any atom is 0.239 e. The first-order chi connectivity index (χ1) is 9.01. The van der Waals surface area contributed by atoms with Crippen molar-refractivity contribution in [2.24, 2.45) is 5.73 Å². The van der Waals surface area contributed by atoms with Crippen molar-refractivity contribution in [3.05, 3.63) is 0 Å². The van der Waals surface area contributed by atoms with E-state index in [1.54, 1.807) is 0 Å². The monoisotopic (exact) mass is 305 g/mol. The molecule has 1 amide bonds. The number of hydrogen-bond donors (Lipinski definition) is 2. The summed E-state index contributed by atoms with van der Waals surface area (Å²) in [6.45, 7) is 8.96. The lowest BCUT2D eigenvalue weighted by Crippen LogP contribution is -2.53. The summed E-state index contributed by atoms with van der Waals surface area (Å²) in [5.74, 6) is -0.0144. The van der Waals surface area contributed by atoms with Crippen molar-refractivity contribution in [3.63, 3.8) is 0 Å². The lowest BCUT2D eigenvalue weighted by molar-refractivity contribution is -0.126. The Morgan fingerprint density at radius 3 is 2.70 bits per heavy atom.